The van der Waals surface area contributed by atoms with Crippen molar-refractivity contribution in [3.8, 4) is 23.0 Å². The van der Waals surface area contributed by atoms with Crippen LogP contribution >= 0.6 is 11.3 Å². The van der Waals surface area contributed by atoms with Crippen molar-refractivity contribution in [1.29, 1.82) is 0 Å². The van der Waals surface area contributed by atoms with Gasteiger partial charge in [0.1, 0.15) is 29.5 Å². The van der Waals surface area contributed by atoms with Gasteiger partial charge in [-0.3, -0.25) is 9.69 Å². The number of aryl methyl sites for hydroxylation is 2. The predicted molar refractivity (Wildman–Crippen MR) is 196 cm³/mol. The van der Waals surface area contributed by atoms with Gasteiger partial charge in [-0.2, -0.15) is 8.42 Å². The maximum absolute atomic E-state index is 14.1. The highest BCUT2D eigenvalue weighted by molar-refractivity contribution is 7.87. The Morgan fingerprint density at radius 1 is 1.00 bits per heavy atom. The number of anilines is 1. The molecule has 4 N–H and O–H groups in total. The second-order valence-corrected chi connectivity index (χ2v) is 16.1. The number of likely N-dealkylation sites (tertiary alicyclic amines) is 1. The highest BCUT2D eigenvalue weighted by Crippen LogP contribution is 2.32. The lowest BCUT2D eigenvalue weighted by atomic mass is 9.98. The monoisotopic (exact) mass is 737 g/mol. The van der Waals surface area contributed by atoms with Crippen molar-refractivity contribution in [2.24, 2.45) is 5.73 Å². The number of ether oxygens (including phenoxy) is 2. The molecule has 14 heteroatoms. The number of amides is 3. The first-order valence-electron chi connectivity index (χ1n) is 16.5. The van der Waals surface area contributed by atoms with Crippen LogP contribution in [0.15, 0.2) is 77.7 Å². The van der Waals surface area contributed by atoms with Crippen molar-refractivity contribution in [3.63, 3.8) is 0 Å². The maximum atomic E-state index is 14.1. The first-order chi connectivity index (χ1) is 24.2. The summed E-state index contributed by atoms with van der Waals surface area (Å²) in [6, 6.07) is 17.6. The predicted octanol–water partition coefficient (Wildman–Crippen LogP) is 5.60. The molecule has 0 aliphatic carbocycles. The van der Waals surface area contributed by atoms with Crippen LogP contribution in [0.2, 0.25) is 0 Å². The number of piperidine rings is 1. The van der Waals surface area contributed by atoms with E-state index in [1.807, 2.05) is 25.1 Å². The van der Waals surface area contributed by atoms with Gasteiger partial charge in [-0.1, -0.05) is 12.1 Å². The van der Waals surface area contributed by atoms with Crippen molar-refractivity contribution in [2.45, 2.75) is 56.6 Å². The number of urea groups is 1. The molecule has 2 heterocycles. The molecule has 1 aromatic heterocycles. The fraction of sp³-hybridized carbons (Fsp3) is 0.351. The largest absolute Gasteiger partial charge is 0.508 e. The van der Waals surface area contributed by atoms with E-state index in [1.165, 1.54) is 52.6 Å². The molecule has 1 saturated heterocycles. The number of methoxy groups -OCH3 is 2. The Balaban J connectivity index is 1.36. The molecule has 3 aromatic carbocycles. The van der Waals surface area contributed by atoms with Gasteiger partial charge in [-0.15, -0.1) is 11.3 Å². The SMILES string of the molecule is COc1ccc(C[N+]2(C)CCC[C@H](N(C(=O)Nc3ccc(OS(=O)(=O)c4cc(C)sc4C)cc3)C(=O)[C@@H](N)Cc3ccc(O)cc3)C2)cc1OC. The number of hydrogen-bond acceptors (Lipinski definition) is 10. The van der Waals surface area contributed by atoms with Crippen LogP contribution in [0.4, 0.5) is 10.5 Å². The summed E-state index contributed by atoms with van der Waals surface area (Å²) in [7, 11) is 1.23. The molecule has 0 spiro atoms. The van der Waals surface area contributed by atoms with Crippen molar-refractivity contribution < 1.29 is 41.3 Å². The van der Waals surface area contributed by atoms with Gasteiger partial charge in [0, 0.05) is 21.0 Å². The summed E-state index contributed by atoms with van der Waals surface area (Å²) in [6.45, 7) is 5.51. The van der Waals surface area contributed by atoms with E-state index in [0.29, 0.717) is 46.1 Å². The number of imide groups is 1. The number of hydrogen-bond donors (Lipinski definition) is 3. The molecule has 3 amide bonds. The summed E-state index contributed by atoms with van der Waals surface area (Å²) >= 11 is 1.37. The second-order valence-electron chi connectivity index (χ2n) is 13.1. The van der Waals surface area contributed by atoms with Gasteiger partial charge in [0.2, 0.25) is 5.91 Å². The number of rotatable bonds is 12. The van der Waals surface area contributed by atoms with Gasteiger partial charge < -0.3 is 34.3 Å². The first kappa shape index (κ1) is 37.6. The van der Waals surface area contributed by atoms with Gasteiger partial charge in [-0.25, -0.2) is 4.79 Å². The first-order valence-corrected chi connectivity index (χ1v) is 18.8. The summed E-state index contributed by atoms with van der Waals surface area (Å²) in [5.41, 5.74) is 8.59. The minimum Gasteiger partial charge on any atom is -0.508 e. The number of nitrogens with zero attached hydrogens (tertiary/aromatic N) is 2. The van der Waals surface area contributed by atoms with E-state index in [4.69, 9.17) is 19.4 Å². The third kappa shape index (κ3) is 9.19. The molecule has 1 unspecified atom stereocenters. The molecular weight excluding hydrogens is 693 g/mol. The average Bonchev–Trinajstić information content (AvgIpc) is 3.44. The Kier molecular flexibility index (Phi) is 11.6. The Morgan fingerprint density at radius 2 is 1.67 bits per heavy atom. The molecule has 0 bridgehead atoms. The van der Waals surface area contributed by atoms with Crippen LogP contribution in [-0.4, -0.2) is 81.3 Å². The van der Waals surface area contributed by atoms with E-state index in [0.717, 1.165) is 29.0 Å². The molecule has 1 fully saturated rings. The van der Waals surface area contributed by atoms with E-state index in [9.17, 15) is 23.1 Å². The molecule has 272 valence electrons. The summed E-state index contributed by atoms with van der Waals surface area (Å²) in [5.74, 6) is 0.898. The number of nitrogens with two attached hydrogens (primary N) is 1. The zero-order valence-corrected chi connectivity index (χ0v) is 31.1. The summed E-state index contributed by atoms with van der Waals surface area (Å²) < 4.78 is 42.7. The van der Waals surface area contributed by atoms with Gasteiger partial charge in [0.15, 0.2) is 11.5 Å². The number of phenols is 1. The van der Waals surface area contributed by atoms with Crippen LogP contribution in [0.3, 0.4) is 0 Å². The molecule has 5 rings (SSSR count). The molecule has 1 aliphatic rings. The number of aromatic hydroxyl groups is 1. The Labute approximate surface area is 303 Å². The molecule has 1 aliphatic heterocycles. The van der Waals surface area contributed by atoms with Crippen LogP contribution in [0.5, 0.6) is 23.0 Å². The number of likely N-dealkylation sites (N-methyl/N-ethyl adjacent to an activating group) is 1. The highest BCUT2D eigenvalue weighted by Gasteiger charge is 2.41. The normalized spacial score (nSPS) is 18.0. The molecule has 12 nitrogen and oxygen atoms in total. The number of phenolic OH excluding ortho intramolecular Hbond substituents is 1. The minimum absolute atomic E-state index is 0.0793. The quantitative estimate of drug-likeness (QED) is 0.125. The second kappa shape index (κ2) is 15.7. The molecular formula is C37H45N4O8S2+. The topological polar surface area (TPSA) is 157 Å². The highest BCUT2D eigenvalue weighted by atomic mass is 32.2. The van der Waals surface area contributed by atoms with E-state index in [1.54, 1.807) is 39.3 Å². The lowest BCUT2D eigenvalue weighted by molar-refractivity contribution is -0.928. The number of nitrogens with one attached hydrogen (secondary N) is 1. The molecule has 3 atom stereocenters. The maximum Gasteiger partial charge on any atom is 0.340 e. The van der Waals surface area contributed by atoms with Gasteiger partial charge in [0.25, 0.3) is 0 Å². The fourth-order valence-corrected chi connectivity index (χ4v) is 9.03. The van der Waals surface area contributed by atoms with Crippen LogP contribution in [0.1, 0.15) is 33.7 Å². The molecule has 51 heavy (non-hydrogen) atoms. The van der Waals surface area contributed by atoms with Crippen LogP contribution < -0.4 is 24.7 Å². The van der Waals surface area contributed by atoms with Crippen LogP contribution in [0, 0.1) is 13.8 Å². The standard InChI is InChI=1S/C37H44N4O8S2/c1-24-19-35(25(2)50-24)51(45,46)49-31-15-11-28(12-16-31)39-37(44)40(36(43)32(38)20-26-8-13-30(42)14-9-26)29-7-6-18-41(3,23-29)22-27-10-17-33(47-4)34(21-27)48-5/h8-17,19,21,29,32H,6-7,18,20,22-23,38H2,1-5H3,(H-,39,42,44)/p+1/t29-,32-,41?/m0/s1. The summed E-state index contributed by atoms with van der Waals surface area (Å²) in [4.78, 5) is 31.0. The van der Waals surface area contributed by atoms with E-state index >= 15 is 0 Å². The van der Waals surface area contributed by atoms with Crippen molar-refractivity contribution in [3.05, 3.63) is 93.7 Å². The Bertz CT molecular complexity index is 1970. The van der Waals surface area contributed by atoms with Gasteiger partial charge >= 0.3 is 16.1 Å². The Morgan fingerprint density at radius 3 is 2.29 bits per heavy atom. The van der Waals surface area contributed by atoms with Crippen LogP contribution in [-0.2, 0) is 27.9 Å². The smallest absolute Gasteiger partial charge is 0.340 e. The summed E-state index contributed by atoms with van der Waals surface area (Å²) in [5, 5.41) is 12.5. The third-order valence-corrected chi connectivity index (χ3v) is 11.5. The van der Waals surface area contributed by atoms with Gasteiger partial charge in [-0.05, 0) is 99.3 Å². The van der Waals surface area contributed by atoms with Crippen molar-refractivity contribution in [1.82, 2.24) is 4.90 Å². The van der Waals surface area contributed by atoms with Crippen LogP contribution in [0.25, 0.3) is 0 Å². The molecule has 0 radical (unpaired) electrons. The Hall–Kier alpha value is -4.63. The minimum atomic E-state index is -4.05. The average molecular weight is 738 g/mol. The van der Waals surface area contributed by atoms with E-state index in [2.05, 4.69) is 12.4 Å². The van der Waals surface area contributed by atoms with Crippen molar-refractivity contribution in [2.75, 3.05) is 39.7 Å². The van der Waals surface area contributed by atoms with Gasteiger partial charge in [0.05, 0.1) is 39.9 Å². The lowest BCUT2D eigenvalue weighted by Gasteiger charge is -2.44. The molecule has 4 aromatic rings. The number of benzene rings is 3. The third-order valence-electron chi connectivity index (χ3n) is 9.01. The fourth-order valence-electron chi connectivity index (χ4n) is 6.58. The lowest BCUT2D eigenvalue weighted by Crippen LogP contribution is -2.62. The van der Waals surface area contributed by atoms with Crippen molar-refractivity contribution >= 4 is 39.1 Å². The zero-order chi connectivity index (χ0) is 36.9. The summed E-state index contributed by atoms with van der Waals surface area (Å²) in [6.07, 6.45) is 1.52. The number of quaternary nitrogens is 1. The number of carbonyl (C=O) groups is 2. The van der Waals surface area contributed by atoms with E-state index < -0.39 is 34.1 Å². The number of thiophene rings is 1. The zero-order valence-electron chi connectivity index (χ0n) is 29.4. The van der Waals surface area contributed by atoms with E-state index in [-0.39, 0.29) is 22.8 Å². The number of carbonyl (C=O) groups excluding carboxylic acids is 2. The molecule has 0 saturated carbocycles.